The lowest BCUT2D eigenvalue weighted by molar-refractivity contribution is 0.0932. The average Bonchev–Trinajstić information content (AvgIpc) is 2.98. The molecule has 82 valence electrons. The third-order valence-corrected chi connectivity index (χ3v) is 3.18. The summed E-state index contributed by atoms with van der Waals surface area (Å²) in [6.45, 7) is 1.74. The third kappa shape index (κ3) is 1.42. The summed E-state index contributed by atoms with van der Waals surface area (Å²) in [5.74, 6) is 0.350. The number of nitrogens with zero attached hydrogens (tertiary/aromatic N) is 1. The molecule has 0 spiro atoms. The zero-order valence-corrected chi connectivity index (χ0v) is 8.86. The molecule has 4 heteroatoms. The molecule has 4 nitrogen and oxygen atoms in total. The number of aromatic amines is 1. The molecule has 0 saturated carbocycles. The van der Waals surface area contributed by atoms with E-state index in [-0.39, 0.29) is 11.7 Å². The molecule has 0 radical (unpaired) electrons. The SMILES string of the molecule is O=C(c1c[nH]c2ccncc12)C1CCNC1. The lowest BCUT2D eigenvalue weighted by atomic mass is 9.97. The van der Waals surface area contributed by atoms with Crippen molar-refractivity contribution in [3.05, 3.63) is 30.2 Å². The average molecular weight is 215 g/mol. The van der Waals surface area contributed by atoms with Gasteiger partial charge in [0, 0.05) is 47.5 Å². The highest BCUT2D eigenvalue weighted by atomic mass is 16.1. The van der Waals surface area contributed by atoms with Crippen LogP contribution >= 0.6 is 0 Å². The normalized spacial score (nSPS) is 20.4. The fourth-order valence-corrected chi connectivity index (χ4v) is 2.26. The third-order valence-electron chi connectivity index (χ3n) is 3.18. The first kappa shape index (κ1) is 9.54. The van der Waals surface area contributed by atoms with E-state index < -0.39 is 0 Å². The van der Waals surface area contributed by atoms with E-state index in [0.717, 1.165) is 36.0 Å². The zero-order chi connectivity index (χ0) is 11.0. The first-order valence-electron chi connectivity index (χ1n) is 5.52. The fourth-order valence-electron chi connectivity index (χ4n) is 2.26. The Morgan fingerprint density at radius 3 is 3.25 bits per heavy atom. The predicted octanol–water partition coefficient (Wildman–Crippen LogP) is 1.36. The molecule has 1 unspecified atom stereocenters. The number of carbonyl (C=O) groups is 1. The van der Waals surface area contributed by atoms with Gasteiger partial charge in [0.25, 0.3) is 0 Å². The Labute approximate surface area is 93.1 Å². The molecular formula is C12H13N3O. The van der Waals surface area contributed by atoms with Gasteiger partial charge in [-0.15, -0.1) is 0 Å². The highest BCUT2D eigenvalue weighted by Gasteiger charge is 2.25. The van der Waals surface area contributed by atoms with Crippen molar-refractivity contribution in [1.82, 2.24) is 15.3 Å². The quantitative estimate of drug-likeness (QED) is 0.743. The van der Waals surface area contributed by atoms with E-state index in [2.05, 4.69) is 15.3 Å². The number of ketones is 1. The summed E-state index contributed by atoms with van der Waals surface area (Å²) in [5.41, 5.74) is 1.75. The minimum absolute atomic E-state index is 0.124. The second-order valence-electron chi connectivity index (χ2n) is 4.18. The number of aromatic nitrogens is 2. The van der Waals surface area contributed by atoms with Crippen molar-refractivity contribution in [1.29, 1.82) is 0 Å². The molecule has 1 aliphatic rings. The maximum Gasteiger partial charge on any atom is 0.169 e. The van der Waals surface area contributed by atoms with Gasteiger partial charge in [0.2, 0.25) is 0 Å². The van der Waals surface area contributed by atoms with Gasteiger partial charge in [-0.3, -0.25) is 9.78 Å². The molecule has 2 aromatic heterocycles. The van der Waals surface area contributed by atoms with Crippen LogP contribution in [0.3, 0.4) is 0 Å². The van der Waals surface area contributed by atoms with Crippen LogP contribution in [0.5, 0.6) is 0 Å². The minimum Gasteiger partial charge on any atom is -0.360 e. The van der Waals surface area contributed by atoms with Gasteiger partial charge in [0.15, 0.2) is 5.78 Å². The molecule has 2 N–H and O–H groups in total. The van der Waals surface area contributed by atoms with E-state index in [1.807, 2.05) is 6.07 Å². The molecule has 1 fully saturated rings. The Hall–Kier alpha value is -1.68. The summed E-state index contributed by atoms with van der Waals surface area (Å²) < 4.78 is 0. The van der Waals surface area contributed by atoms with Crippen LogP contribution in [0.4, 0.5) is 0 Å². The molecule has 0 aliphatic carbocycles. The van der Waals surface area contributed by atoms with Crippen molar-refractivity contribution >= 4 is 16.7 Å². The molecule has 0 amide bonds. The van der Waals surface area contributed by atoms with Crippen LogP contribution in [0.1, 0.15) is 16.8 Å². The molecule has 0 aromatic carbocycles. The van der Waals surface area contributed by atoms with Gasteiger partial charge in [0.1, 0.15) is 0 Å². The fraction of sp³-hybridized carbons (Fsp3) is 0.333. The summed E-state index contributed by atoms with van der Waals surface area (Å²) in [6.07, 6.45) is 6.21. The number of hydrogen-bond acceptors (Lipinski definition) is 3. The predicted molar refractivity (Wildman–Crippen MR) is 61.4 cm³/mol. The Bertz CT molecular complexity index is 526. The van der Waals surface area contributed by atoms with Crippen molar-refractivity contribution in [2.45, 2.75) is 6.42 Å². The van der Waals surface area contributed by atoms with Gasteiger partial charge >= 0.3 is 0 Å². The Kier molecular flexibility index (Phi) is 2.22. The Morgan fingerprint density at radius 2 is 2.44 bits per heavy atom. The number of rotatable bonds is 2. The number of pyridine rings is 1. The van der Waals surface area contributed by atoms with E-state index >= 15 is 0 Å². The van der Waals surface area contributed by atoms with Gasteiger partial charge in [-0.25, -0.2) is 0 Å². The molecule has 1 atom stereocenters. The van der Waals surface area contributed by atoms with Crippen LogP contribution in [-0.4, -0.2) is 28.8 Å². The van der Waals surface area contributed by atoms with Crippen molar-refractivity contribution in [2.24, 2.45) is 5.92 Å². The standard InChI is InChI=1S/C12H13N3O/c16-12(8-1-3-13-5-8)10-7-15-11-2-4-14-6-9(10)11/h2,4,6-8,13,15H,1,3,5H2. The summed E-state index contributed by atoms with van der Waals surface area (Å²) in [7, 11) is 0. The molecule has 0 bridgehead atoms. The van der Waals surface area contributed by atoms with E-state index in [1.165, 1.54) is 0 Å². The lowest BCUT2D eigenvalue weighted by Crippen LogP contribution is -2.17. The molecular weight excluding hydrogens is 202 g/mol. The van der Waals surface area contributed by atoms with Crippen molar-refractivity contribution in [3.8, 4) is 0 Å². The first-order valence-corrected chi connectivity index (χ1v) is 5.52. The smallest absolute Gasteiger partial charge is 0.169 e. The van der Waals surface area contributed by atoms with E-state index in [4.69, 9.17) is 0 Å². The molecule has 1 aliphatic heterocycles. The van der Waals surface area contributed by atoms with E-state index in [0.29, 0.717) is 0 Å². The first-order chi connectivity index (χ1) is 7.86. The van der Waals surface area contributed by atoms with Gasteiger partial charge < -0.3 is 10.3 Å². The highest BCUT2D eigenvalue weighted by molar-refractivity contribution is 6.08. The van der Waals surface area contributed by atoms with E-state index in [9.17, 15) is 4.79 Å². The monoisotopic (exact) mass is 215 g/mol. The highest BCUT2D eigenvalue weighted by Crippen LogP contribution is 2.22. The van der Waals surface area contributed by atoms with Gasteiger partial charge in [0.05, 0.1) is 0 Å². The van der Waals surface area contributed by atoms with Crippen LogP contribution in [-0.2, 0) is 0 Å². The lowest BCUT2D eigenvalue weighted by Gasteiger charge is -2.05. The maximum absolute atomic E-state index is 12.2. The second kappa shape index (κ2) is 3.72. The molecule has 1 saturated heterocycles. The van der Waals surface area contributed by atoms with Crippen LogP contribution in [0, 0.1) is 5.92 Å². The van der Waals surface area contributed by atoms with Crippen LogP contribution < -0.4 is 5.32 Å². The Balaban J connectivity index is 2.02. The summed E-state index contributed by atoms with van der Waals surface area (Å²) >= 11 is 0. The van der Waals surface area contributed by atoms with Crippen LogP contribution in [0.25, 0.3) is 10.9 Å². The summed E-state index contributed by atoms with van der Waals surface area (Å²) in [4.78, 5) is 19.4. The molecule has 2 aromatic rings. The summed E-state index contributed by atoms with van der Waals surface area (Å²) in [5, 5.41) is 4.15. The van der Waals surface area contributed by atoms with E-state index in [1.54, 1.807) is 18.6 Å². The van der Waals surface area contributed by atoms with Crippen LogP contribution in [0.15, 0.2) is 24.7 Å². The summed E-state index contributed by atoms with van der Waals surface area (Å²) in [6, 6.07) is 1.89. The van der Waals surface area contributed by atoms with Gasteiger partial charge in [-0.05, 0) is 19.0 Å². The van der Waals surface area contributed by atoms with Crippen molar-refractivity contribution in [3.63, 3.8) is 0 Å². The number of nitrogens with one attached hydrogen (secondary N) is 2. The largest absolute Gasteiger partial charge is 0.360 e. The topological polar surface area (TPSA) is 57.8 Å². The number of H-pyrrole nitrogens is 1. The van der Waals surface area contributed by atoms with Crippen molar-refractivity contribution < 1.29 is 4.79 Å². The maximum atomic E-state index is 12.2. The number of carbonyl (C=O) groups excluding carboxylic acids is 1. The number of Topliss-reactive ketones (excluding diaryl/α,β-unsaturated/α-hetero) is 1. The minimum atomic E-state index is 0.124. The Morgan fingerprint density at radius 1 is 1.50 bits per heavy atom. The number of fused-ring (bicyclic) bond motifs is 1. The van der Waals surface area contributed by atoms with Crippen LogP contribution in [0.2, 0.25) is 0 Å². The molecule has 3 rings (SSSR count). The molecule has 3 heterocycles. The second-order valence-corrected chi connectivity index (χ2v) is 4.18. The number of hydrogen-bond donors (Lipinski definition) is 2. The van der Waals surface area contributed by atoms with Gasteiger partial charge in [-0.2, -0.15) is 0 Å². The van der Waals surface area contributed by atoms with Gasteiger partial charge in [-0.1, -0.05) is 0 Å². The zero-order valence-electron chi connectivity index (χ0n) is 8.86. The van der Waals surface area contributed by atoms with Crippen molar-refractivity contribution in [2.75, 3.05) is 13.1 Å². The molecule has 16 heavy (non-hydrogen) atoms.